The Kier molecular flexibility index (Phi) is 8.13. The summed E-state index contributed by atoms with van der Waals surface area (Å²) in [5.74, 6) is 0. The van der Waals surface area contributed by atoms with E-state index in [0.29, 0.717) is 0 Å². The average Bonchev–Trinajstić information content (AvgIpc) is 3.21. The van der Waals surface area contributed by atoms with Gasteiger partial charge in [-0.2, -0.15) is 0 Å². The zero-order valence-corrected chi connectivity index (χ0v) is 20.9. The molecule has 1 aliphatic carbocycles. The Hall–Kier alpha value is -3.26. The van der Waals surface area contributed by atoms with Crippen LogP contribution in [0.3, 0.4) is 0 Å². The Morgan fingerprint density at radius 3 is 2.63 bits per heavy atom. The van der Waals surface area contributed by atoms with Gasteiger partial charge in [-0.15, -0.1) is 0 Å². The van der Waals surface area contributed by atoms with E-state index in [1.54, 1.807) is 6.20 Å². The van der Waals surface area contributed by atoms with Crippen LogP contribution in [0.2, 0.25) is 0 Å². The van der Waals surface area contributed by atoms with E-state index in [9.17, 15) is 9.59 Å². The summed E-state index contributed by atoms with van der Waals surface area (Å²) in [5, 5.41) is 1.02. The van der Waals surface area contributed by atoms with Crippen LogP contribution in [0.25, 0.3) is 10.9 Å². The number of fused-ring (bicyclic) bond motifs is 1. The maximum Gasteiger partial charge on any atom is 0.511 e. The van der Waals surface area contributed by atoms with E-state index < -0.39 is 19.0 Å². The highest BCUT2D eigenvalue weighted by Gasteiger charge is 2.24. The Bertz CT molecular complexity index is 1110. The Labute approximate surface area is 206 Å². The number of aryl methyl sites for hydroxylation is 1. The molecule has 1 fully saturated rings. The van der Waals surface area contributed by atoms with Crippen LogP contribution in [0.1, 0.15) is 36.8 Å². The maximum atomic E-state index is 12.7. The van der Waals surface area contributed by atoms with Crippen molar-refractivity contribution in [2.75, 3.05) is 40.5 Å². The van der Waals surface area contributed by atoms with Crippen LogP contribution in [0.15, 0.2) is 48.3 Å². The minimum atomic E-state index is -0.810. The smallest absolute Gasteiger partial charge is 0.431 e. The van der Waals surface area contributed by atoms with E-state index in [2.05, 4.69) is 34.1 Å². The van der Waals surface area contributed by atoms with Crippen LogP contribution < -0.4 is 0 Å². The van der Waals surface area contributed by atoms with Gasteiger partial charge in [-0.05, 0) is 51.6 Å². The average molecular weight is 482 g/mol. The first-order chi connectivity index (χ1) is 16.9. The molecular formula is C27H35N3O5. The van der Waals surface area contributed by atoms with Crippen LogP contribution in [0.5, 0.6) is 0 Å². The third kappa shape index (κ3) is 6.45. The van der Waals surface area contributed by atoms with Crippen molar-refractivity contribution in [1.29, 1.82) is 0 Å². The summed E-state index contributed by atoms with van der Waals surface area (Å²) in [6.07, 6.45) is 11.1. The van der Waals surface area contributed by atoms with Gasteiger partial charge in [0, 0.05) is 56.2 Å². The monoisotopic (exact) mass is 481 g/mol. The molecule has 0 saturated carbocycles. The molecule has 0 spiro atoms. The van der Waals surface area contributed by atoms with Crippen LogP contribution >= 0.6 is 0 Å². The number of benzene rings is 1. The van der Waals surface area contributed by atoms with E-state index in [0.717, 1.165) is 73.8 Å². The molecule has 0 radical (unpaired) electrons. The Morgan fingerprint density at radius 2 is 1.91 bits per heavy atom. The number of hydrogen-bond acceptors (Lipinski definition) is 7. The molecule has 1 saturated heterocycles. The van der Waals surface area contributed by atoms with E-state index in [4.69, 9.17) is 14.2 Å². The molecule has 0 atom stereocenters. The number of carbonyl (C=O) groups excluding carboxylic acids is 2. The van der Waals surface area contributed by atoms with Gasteiger partial charge in [0.1, 0.15) is 6.10 Å². The van der Waals surface area contributed by atoms with E-state index in [-0.39, 0.29) is 6.10 Å². The number of likely N-dealkylation sites (N-methyl/N-ethyl adjacent to an activating group) is 1. The first-order valence-electron chi connectivity index (χ1n) is 12.3. The predicted molar refractivity (Wildman–Crippen MR) is 134 cm³/mol. The van der Waals surface area contributed by atoms with E-state index >= 15 is 0 Å². The quantitative estimate of drug-likeness (QED) is 0.318. The molecule has 0 unspecified atom stereocenters. The Balaban J connectivity index is 1.25. The minimum absolute atomic E-state index is 0.190. The number of hydrogen-bond donors (Lipinski definition) is 0. The maximum absolute atomic E-state index is 12.7. The molecular weight excluding hydrogens is 446 g/mol. The second-order valence-electron chi connectivity index (χ2n) is 9.43. The molecule has 2 aromatic rings. The molecule has 8 nitrogen and oxygen atoms in total. The fourth-order valence-corrected chi connectivity index (χ4v) is 4.58. The Morgan fingerprint density at radius 1 is 1.11 bits per heavy atom. The lowest BCUT2D eigenvalue weighted by Gasteiger charge is -2.35. The highest BCUT2D eigenvalue weighted by Crippen LogP contribution is 2.25. The molecule has 35 heavy (non-hydrogen) atoms. The SMILES string of the molecule is Cc1ccc2c(c1)c(CCN(C)C)cn2C(=O)OCOC(=O)OC1CCN(C2=CCC=CC2)CC1. The molecule has 2 aliphatic rings. The van der Waals surface area contributed by atoms with Gasteiger partial charge in [-0.1, -0.05) is 29.9 Å². The van der Waals surface area contributed by atoms with Gasteiger partial charge in [0.2, 0.25) is 6.79 Å². The summed E-state index contributed by atoms with van der Waals surface area (Å²) in [5.41, 5.74) is 4.31. The third-order valence-electron chi connectivity index (χ3n) is 6.52. The number of likely N-dealkylation sites (tertiary alicyclic amines) is 1. The summed E-state index contributed by atoms with van der Waals surface area (Å²) >= 11 is 0. The summed E-state index contributed by atoms with van der Waals surface area (Å²) < 4.78 is 17.2. The van der Waals surface area contributed by atoms with Gasteiger partial charge in [-0.25, -0.2) is 9.59 Å². The van der Waals surface area contributed by atoms with Crippen molar-refractivity contribution in [1.82, 2.24) is 14.4 Å². The second kappa shape index (κ2) is 11.4. The van der Waals surface area contributed by atoms with Gasteiger partial charge >= 0.3 is 12.2 Å². The lowest BCUT2D eigenvalue weighted by molar-refractivity contribution is -0.0383. The van der Waals surface area contributed by atoms with E-state index in [1.165, 1.54) is 10.3 Å². The molecule has 188 valence electrons. The number of carbonyl (C=O) groups is 2. The minimum Gasteiger partial charge on any atom is -0.431 e. The van der Waals surface area contributed by atoms with Gasteiger partial charge in [0.15, 0.2) is 0 Å². The third-order valence-corrected chi connectivity index (χ3v) is 6.52. The summed E-state index contributed by atoms with van der Waals surface area (Å²) in [6, 6.07) is 5.94. The summed E-state index contributed by atoms with van der Waals surface area (Å²) in [4.78, 5) is 29.3. The van der Waals surface area contributed by atoms with Crippen LogP contribution in [-0.2, 0) is 20.6 Å². The molecule has 0 bridgehead atoms. The lowest BCUT2D eigenvalue weighted by atomic mass is 10.0. The standard InChI is InChI=1S/C27H35N3O5/c1-20-9-10-25-24(17-20)21(11-14-28(2)3)18-30(25)26(31)33-19-34-27(32)35-23-12-15-29(16-13-23)22-7-5-4-6-8-22/h4-5,8-10,17-18,23H,6-7,11-16,19H2,1-3H3. The van der Waals surface area contributed by atoms with Gasteiger partial charge in [0.05, 0.1) is 5.52 Å². The van der Waals surface area contributed by atoms with Crippen LogP contribution in [0, 0.1) is 6.92 Å². The molecule has 0 N–H and O–H groups in total. The van der Waals surface area contributed by atoms with Gasteiger partial charge in [-0.3, -0.25) is 4.57 Å². The van der Waals surface area contributed by atoms with Crippen molar-refractivity contribution in [3.05, 3.63) is 59.4 Å². The predicted octanol–water partition coefficient (Wildman–Crippen LogP) is 4.85. The van der Waals surface area contributed by atoms with Crippen molar-refractivity contribution in [2.24, 2.45) is 0 Å². The lowest BCUT2D eigenvalue weighted by Crippen LogP contribution is -2.37. The largest absolute Gasteiger partial charge is 0.511 e. The van der Waals surface area contributed by atoms with Crippen LogP contribution in [-0.4, -0.2) is 73.2 Å². The van der Waals surface area contributed by atoms with Crippen molar-refractivity contribution in [2.45, 2.75) is 45.1 Å². The number of piperidine rings is 1. The molecule has 1 aromatic heterocycles. The number of allylic oxidation sites excluding steroid dienone is 3. The van der Waals surface area contributed by atoms with Crippen molar-refractivity contribution in [3.63, 3.8) is 0 Å². The van der Waals surface area contributed by atoms with Crippen molar-refractivity contribution in [3.8, 4) is 0 Å². The van der Waals surface area contributed by atoms with Gasteiger partial charge in [0.25, 0.3) is 0 Å². The number of rotatable bonds is 7. The van der Waals surface area contributed by atoms with Crippen molar-refractivity contribution < 1.29 is 23.8 Å². The van der Waals surface area contributed by atoms with Crippen LogP contribution in [0.4, 0.5) is 9.59 Å². The zero-order valence-electron chi connectivity index (χ0n) is 20.9. The summed E-state index contributed by atoms with van der Waals surface area (Å²) in [6.45, 7) is 4.10. The van der Waals surface area contributed by atoms with E-state index in [1.807, 2.05) is 33.2 Å². The topological polar surface area (TPSA) is 73.2 Å². The second-order valence-corrected chi connectivity index (χ2v) is 9.43. The molecule has 0 amide bonds. The highest BCUT2D eigenvalue weighted by atomic mass is 16.8. The first-order valence-corrected chi connectivity index (χ1v) is 12.3. The van der Waals surface area contributed by atoms with Gasteiger partial charge < -0.3 is 24.0 Å². The molecule has 1 aliphatic heterocycles. The van der Waals surface area contributed by atoms with Crippen molar-refractivity contribution >= 4 is 23.2 Å². The number of nitrogens with zero attached hydrogens (tertiary/aromatic N) is 3. The summed E-state index contributed by atoms with van der Waals surface area (Å²) in [7, 11) is 4.04. The number of ether oxygens (including phenoxy) is 3. The molecule has 1 aromatic carbocycles. The zero-order chi connectivity index (χ0) is 24.8. The fourth-order valence-electron chi connectivity index (χ4n) is 4.58. The normalized spacial score (nSPS) is 16.5. The fraction of sp³-hybridized carbons (Fsp3) is 0.481. The number of aromatic nitrogens is 1. The molecule has 4 rings (SSSR count). The highest BCUT2D eigenvalue weighted by molar-refractivity contribution is 5.92. The molecule has 8 heteroatoms. The molecule has 2 heterocycles. The first kappa shape index (κ1) is 24.9.